The van der Waals surface area contributed by atoms with Gasteiger partial charge in [-0.15, -0.1) is 5.10 Å². The van der Waals surface area contributed by atoms with E-state index in [1.165, 1.54) is 0 Å². The lowest BCUT2D eigenvalue weighted by Gasteiger charge is -2.10. The third kappa shape index (κ3) is 4.78. The number of carbonyl (C=O) groups is 2. The van der Waals surface area contributed by atoms with Crippen molar-refractivity contribution in [2.75, 3.05) is 10.6 Å². The summed E-state index contributed by atoms with van der Waals surface area (Å²) < 4.78 is 1.83. The molecule has 2 N–H and O–H groups in total. The Morgan fingerprint density at radius 1 is 0.903 bits per heavy atom. The summed E-state index contributed by atoms with van der Waals surface area (Å²) in [6, 6.07) is 22.3. The molecule has 0 saturated carbocycles. The number of hydrogen-bond acceptors (Lipinski definition) is 4. The molecule has 1 heterocycles. The first-order chi connectivity index (χ1) is 15.0. The van der Waals surface area contributed by atoms with E-state index in [2.05, 4.69) is 20.9 Å². The Bertz CT molecular complexity index is 1230. The molecule has 1 aromatic heterocycles. The zero-order valence-corrected chi connectivity index (χ0v) is 17.4. The first-order valence-corrected chi connectivity index (χ1v) is 10.1. The molecular formula is C24H23N5O2. The normalized spacial score (nSPS) is 10.9. The van der Waals surface area contributed by atoms with Gasteiger partial charge in [0.2, 0.25) is 5.91 Å². The molecule has 0 atom stereocenters. The lowest BCUT2D eigenvalue weighted by Crippen LogP contribution is -2.18. The predicted molar refractivity (Wildman–Crippen MR) is 121 cm³/mol. The van der Waals surface area contributed by atoms with Crippen molar-refractivity contribution in [3.05, 3.63) is 83.9 Å². The average molecular weight is 413 g/mol. The van der Waals surface area contributed by atoms with Gasteiger partial charge in [0.15, 0.2) is 0 Å². The van der Waals surface area contributed by atoms with E-state index in [9.17, 15) is 9.59 Å². The molecule has 0 aliphatic carbocycles. The number of benzene rings is 3. The van der Waals surface area contributed by atoms with Gasteiger partial charge in [-0.2, -0.15) is 0 Å². The Balaban J connectivity index is 1.42. The second-order valence-electron chi connectivity index (χ2n) is 7.61. The number of para-hydroxylation sites is 1. The second kappa shape index (κ2) is 8.79. The van der Waals surface area contributed by atoms with Gasteiger partial charge in [0, 0.05) is 22.9 Å². The van der Waals surface area contributed by atoms with Crippen molar-refractivity contribution < 1.29 is 9.59 Å². The molecular weight excluding hydrogens is 390 g/mol. The van der Waals surface area contributed by atoms with Crippen molar-refractivity contribution in [2.24, 2.45) is 5.92 Å². The Morgan fingerprint density at radius 2 is 1.61 bits per heavy atom. The van der Waals surface area contributed by atoms with Crippen LogP contribution in [0.15, 0.2) is 72.8 Å². The number of nitrogens with one attached hydrogen (secondary N) is 2. The summed E-state index contributed by atoms with van der Waals surface area (Å²) in [5.74, 6) is -0.406. The molecule has 0 fully saturated rings. The van der Waals surface area contributed by atoms with Gasteiger partial charge in [0.05, 0.1) is 12.1 Å². The van der Waals surface area contributed by atoms with E-state index in [0.717, 1.165) is 16.6 Å². The molecule has 0 saturated heterocycles. The number of anilines is 2. The highest BCUT2D eigenvalue weighted by molar-refractivity contribution is 6.04. The minimum Gasteiger partial charge on any atom is -0.326 e. The summed E-state index contributed by atoms with van der Waals surface area (Å²) in [7, 11) is 0. The molecule has 4 aromatic rings. The molecule has 2 amide bonds. The third-order valence-corrected chi connectivity index (χ3v) is 4.88. The number of hydrogen-bond donors (Lipinski definition) is 2. The quantitative estimate of drug-likeness (QED) is 0.492. The summed E-state index contributed by atoms with van der Waals surface area (Å²) >= 11 is 0. The van der Waals surface area contributed by atoms with E-state index >= 15 is 0 Å². The lowest BCUT2D eigenvalue weighted by molar-refractivity contribution is -0.118. The van der Waals surface area contributed by atoms with E-state index in [1.807, 2.05) is 54.9 Å². The molecule has 0 bridgehead atoms. The van der Waals surface area contributed by atoms with Crippen LogP contribution in [0.5, 0.6) is 0 Å². The minimum absolute atomic E-state index is 0.0702. The number of carbonyl (C=O) groups excluding carboxylic acids is 2. The van der Waals surface area contributed by atoms with Gasteiger partial charge in [-0.25, -0.2) is 4.68 Å². The number of fused-ring (bicyclic) bond motifs is 1. The Labute approximate surface area is 180 Å². The molecule has 0 radical (unpaired) electrons. The van der Waals surface area contributed by atoms with Crippen molar-refractivity contribution in [3.8, 4) is 0 Å². The van der Waals surface area contributed by atoms with Crippen molar-refractivity contribution in [2.45, 2.75) is 20.4 Å². The summed E-state index contributed by atoms with van der Waals surface area (Å²) in [6.07, 6.45) is 0. The largest absolute Gasteiger partial charge is 0.326 e. The van der Waals surface area contributed by atoms with E-state index in [0.29, 0.717) is 23.5 Å². The van der Waals surface area contributed by atoms with Gasteiger partial charge in [-0.05, 0) is 48.0 Å². The van der Waals surface area contributed by atoms with Crippen LogP contribution in [-0.4, -0.2) is 26.8 Å². The van der Waals surface area contributed by atoms with Gasteiger partial charge in [0.1, 0.15) is 5.52 Å². The molecule has 7 nitrogen and oxygen atoms in total. The van der Waals surface area contributed by atoms with Crippen LogP contribution in [0.2, 0.25) is 0 Å². The van der Waals surface area contributed by atoms with Gasteiger partial charge < -0.3 is 10.6 Å². The predicted octanol–water partition coefficient (Wildman–Crippen LogP) is 4.33. The molecule has 4 rings (SSSR count). The average Bonchev–Trinajstić information content (AvgIpc) is 3.17. The van der Waals surface area contributed by atoms with Crippen molar-refractivity contribution in [3.63, 3.8) is 0 Å². The number of nitrogens with zero attached hydrogens (tertiary/aromatic N) is 3. The van der Waals surface area contributed by atoms with Crippen LogP contribution in [0.3, 0.4) is 0 Å². The Kier molecular flexibility index (Phi) is 5.75. The summed E-state index contributed by atoms with van der Waals surface area (Å²) in [5.41, 5.74) is 4.64. The first kappa shape index (κ1) is 20.3. The van der Waals surface area contributed by atoms with Crippen LogP contribution in [0.25, 0.3) is 11.0 Å². The molecule has 31 heavy (non-hydrogen) atoms. The van der Waals surface area contributed by atoms with Crippen LogP contribution in [-0.2, 0) is 11.3 Å². The zero-order valence-electron chi connectivity index (χ0n) is 17.4. The maximum Gasteiger partial charge on any atom is 0.255 e. The molecule has 0 spiro atoms. The summed E-state index contributed by atoms with van der Waals surface area (Å²) in [5, 5.41) is 14.1. The Hall–Kier alpha value is -4.00. The fourth-order valence-electron chi connectivity index (χ4n) is 3.13. The Morgan fingerprint density at radius 3 is 2.35 bits per heavy atom. The smallest absolute Gasteiger partial charge is 0.255 e. The van der Waals surface area contributed by atoms with Crippen molar-refractivity contribution in [1.82, 2.24) is 15.0 Å². The highest BCUT2D eigenvalue weighted by atomic mass is 16.2. The van der Waals surface area contributed by atoms with Crippen LogP contribution < -0.4 is 10.6 Å². The van der Waals surface area contributed by atoms with E-state index in [1.54, 1.807) is 36.4 Å². The monoisotopic (exact) mass is 413 g/mol. The SMILES string of the molecule is CC(C)C(=O)Nc1cccc(NC(=O)c2ccc(Cn3nnc4ccccc43)cc2)c1. The molecule has 7 heteroatoms. The molecule has 0 aliphatic rings. The highest BCUT2D eigenvalue weighted by Gasteiger charge is 2.10. The topological polar surface area (TPSA) is 88.9 Å². The van der Waals surface area contributed by atoms with Crippen molar-refractivity contribution >= 4 is 34.2 Å². The van der Waals surface area contributed by atoms with Gasteiger partial charge in [-0.3, -0.25) is 9.59 Å². The maximum absolute atomic E-state index is 12.6. The number of rotatable bonds is 6. The molecule has 0 aliphatic heterocycles. The fourth-order valence-corrected chi connectivity index (χ4v) is 3.13. The summed E-state index contributed by atoms with van der Waals surface area (Å²) in [4.78, 5) is 24.5. The zero-order chi connectivity index (χ0) is 21.8. The van der Waals surface area contributed by atoms with Crippen LogP contribution >= 0.6 is 0 Å². The standard InChI is InChI=1S/C24H23N5O2/c1-16(2)23(30)25-19-6-5-7-20(14-19)26-24(31)18-12-10-17(11-13-18)15-29-22-9-4-3-8-21(22)27-28-29/h3-14,16H,15H2,1-2H3,(H,25,30)(H,26,31). The van der Waals surface area contributed by atoms with Gasteiger partial charge >= 0.3 is 0 Å². The number of aromatic nitrogens is 3. The van der Waals surface area contributed by atoms with E-state index < -0.39 is 0 Å². The molecule has 156 valence electrons. The van der Waals surface area contributed by atoms with Crippen LogP contribution in [0.1, 0.15) is 29.8 Å². The van der Waals surface area contributed by atoms with E-state index in [-0.39, 0.29) is 17.7 Å². The molecule has 0 unspecified atom stereocenters. The van der Waals surface area contributed by atoms with Crippen LogP contribution in [0, 0.1) is 5.92 Å². The fraction of sp³-hybridized carbons (Fsp3) is 0.167. The second-order valence-corrected chi connectivity index (χ2v) is 7.61. The third-order valence-electron chi connectivity index (χ3n) is 4.88. The van der Waals surface area contributed by atoms with Gasteiger partial charge in [0.25, 0.3) is 5.91 Å². The minimum atomic E-state index is -0.218. The first-order valence-electron chi connectivity index (χ1n) is 10.1. The summed E-state index contributed by atoms with van der Waals surface area (Å²) in [6.45, 7) is 4.23. The number of amides is 2. The van der Waals surface area contributed by atoms with Crippen LogP contribution in [0.4, 0.5) is 11.4 Å². The van der Waals surface area contributed by atoms with Gasteiger partial charge in [-0.1, -0.05) is 49.4 Å². The van der Waals surface area contributed by atoms with E-state index in [4.69, 9.17) is 0 Å². The lowest BCUT2D eigenvalue weighted by atomic mass is 10.1. The highest BCUT2D eigenvalue weighted by Crippen LogP contribution is 2.18. The maximum atomic E-state index is 12.6. The molecule has 3 aromatic carbocycles. The van der Waals surface area contributed by atoms with Crippen molar-refractivity contribution in [1.29, 1.82) is 0 Å².